The number of carbonyl (C=O) groups excluding carboxylic acids is 1. The fraction of sp³-hybridized carbons (Fsp3) is 0.360. The quantitative estimate of drug-likeness (QED) is 0.626. The molecule has 1 fully saturated rings. The van der Waals surface area contributed by atoms with Gasteiger partial charge in [0.05, 0.1) is 11.9 Å². The molecule has 1 aliphatic rings. The number of benzene rings is 1. The number of nitrogens with one attached hydrogen (secondary N) is 1. The van der Waals surface area contributed by atoms with Crippen LogP contribution >= 0.6 is 0 Å². The summed E-state index contributed by atoms with van der Waals surface area (Å²) in [6.07, 6.45) is 7.14. The molecule has 1 unspecified atom stereocenters. The zero-order valence-electron chi connectivity index (χ0n) is 18.8. The van der Waals surface area contributed by atoms with Crippen LogP contribution in [0.4, 0.5) is 11.6 Å². The molecule has 0 bridgehead atoms. The summed E-state index contributed by atoms with van der Waals surface area (Å²) in [4.78, 5) is 28.2. The van der Waals surface area contributed by atoms with E-state index in [4.69, 9.17) is 9.72 Å². The molecular weight excluding hydrogens is 402 g/mol. The first-order chi connectivity index (χ1) is 15.5. The van der Waals surface area contributed by atoms with Gasteiger partial charge < -0.3 is 15.0 Å². The first-order valence-electron chi connectivity index (χ1n) is 11.0. The van der Waals surface area contributed by atoms with E-state index in [0.717, 1.165) is 53.3 Å². The Balaban J connectivity index is 1.40. The smallest absolute Gasteiger partial charge is 0.260 e. The number of anilines is 2. The molecule has 1 N–H and O–H groups in total. The molecule has 3 aromatic rings. The summed E-state index contributed by atoms with van der Waals surface area (Å²) in [5.74, 6) is 2.37. The second kappa shape index (κ2) is 9.77. The number of amides is 1. The number of nitrogens with zero attached hydrogens (tertiary/aromatic N) is 4. The molecule has 2 aromatic heterocycles. The van der Waals surface area contributed by atoms with Gasteiger partial charge in [-0.3, -0.25) is 9.78 Å². The van der Waals surface area contributed by atoms with Crippen molar-refractivity contribution >= 4 is 17.5 Å². The van der Waals surface area contributed by atoms with Crippen molar-refractivity contribution in [2.45, 2.75) is 39.5 Å². The van der Waals surface area contributed by atoms with Crippen LogP contribution in [0.5, 0.6) is 5.75 Å². The van der Waals surface area contributed by atoms with Gasteiger partial charge in [0.1, 0.15) is 17.4 Å². The predicted molar refractivity (Wildman–Crippen MR) is 124 cm³/mol. The Morgan fingerprint density at radius 2 is 1.91 bits per heavy atom. The van der Waals surface area contributed by atoms with E-state index >= 15 is 0 Å². The van der Waals surface area contributed by atoms with E-state index in [1.165, 1.54) is 0 Å². The van der Waals surface area contributed by atoms with E-state index in [9.17, 15) is 4.79 Å². The highest BCUT2D eigenvalue weighted by atomic mass is 16.5. The summed E-state index contributed by atoms with van der Waals surface area (Å²) < 4.78 is 5.88. The van der Waals surface area contributed by atoms with Gasteiger partial charge in [0.15, 0.2) is 6.61 Å². The molecule has 32 heavy (non-hydrogen) atoms. The first-order valence-corrected chi connectivity index (χ1v) is 11.0. The average molecular weight is 432 g/mol. The van der Waals surface area contributed by atoms with Crippen molar-refractivity contribution in [3.05, 3.63) is 71.3 Å². The van der Waals surface area contributed by atoms with Crippen molar-refractivity contribution in [3.8, 4) is 5.75 Å². The standard InChI is InChI=1S/C25H29N5O2/c1-17-7-4-8-18(2)24(17)32-16-23(31)30-12-6-10-20(15-30)21-13-26-14-22(28-21)29-25-19(3)9-5-11-27-25/h4-5,7-9,11,13-14,20H,6,10,12,15-16H2,1-3H3,(H,27,28,29). The maximum Gasteiger partial charge on any atom is 0.260 e. The Morgan fingerprint density at radius 3 is 2.69 bits per heavy atom. The van der Waals surface area contributed by atoms with Crippen molar-refractivity contribution in [2.24, 2.45) is 0 Å². The van der Waals surface area contributed by atoms with Gasteiger partial charge in [0.25, 0.3) is 5.91 Å². The summed E-state index contributed by atoms with van der Waals surface area (Å²) in [6.45, 7) is 7.40. The van der Waals surface area contributed by atoms with Crippen LogP contribution in [0.15, 0.2) is 48.9 Å². The SMILES string of the molecule is Cc1cccnc1Nc1cncc(C2CCCN(C(=O)COc3c(C)cccc3C)C2)n1. The fourth-order valence-corrected chi connectivity index (χ4v) is 4.07. The van der Waals surface area contributed by atoms with E-state index < -0.39 is 0 Å². The number of carbonyl (C=O) groups is 1. The number of piperidine rings is 1. The van der Waals surface area contributed by atoms with Crippen LogP contribution in [0.3, 0.4) is 0 Å². The number of hydrogen-bond donors (Lipinski definition) is 1. The lowest BCUT2D eigenvalue weighted by atomic mass is 9.95. The maximum absolute atomic E-state index is 12.9. The highest BCUT2D eigenvalue weighted by Crippen LogP contribution is 2.27. The number of aromatic nitrogens is 3. The number of pyridine rings is 1. The van der Waals surface area contributed by atoms with Crippen molar-refractivity contribution in [3.63, 3.8) is 0 Å². The minimum Gasteiger partial charge on any atom is -0.483 e. The van der Waals surface area contributed by atoms with Gasteiger partial charge in [-0.15, -0.1) is 0 Å². The Labute approximate surface area is 188 Å². The second-order valence-electron chi connectivity index (χ2n) is 8.31. The molecule has 0 aliphatic carbocycles. The summed E-state index contributed by atoms with van der Waals surface area (Å²) >= 11 is 0. The monoisotopic (exact) mass is 431 g/mol. The second-order valence-corrected chi connectivity index (χ2v) is 8.31. The van der Waals surface area contributed by atoms with Crippen LogP contribution < -0.4 is 10.1 Å². The fourth-order valence-electron chi connectivity index (χ4n) is 4.07. The summed E-state index contributed by atoms with van der Waals surface area (Å²) in [5, 5.41) is 3.25. The molecule has 7 nitrogen and oxygen atoms in total. The van der Waals surface area contributed by atoms with Gasteiger partial charge in [-0.25, -0.2) is 9.97 Å². The largest absolute Gasteiger partial charge is 0.483 e. The molecule has 0 radical (unpaired) electrons. The van der Waals surface area contributed by atoms with Crippen molar-refractivity contribution in [1.29, 1.82) is 0 Å². The summed E-state index contributed by atoms with van der Waals surface area (Å²) in [5.41, 5.74) is 4.00. The maximum atomic E-state index is 12.9. The van der Waals surface area contributed by atoms with E-state index in [2.05, 4.69) is 15.3 Å². The Morgan fingerprint density at radius 1 is 1.12 bits per heavy atom. The lowest BCUT2D eigenvalue weighted by Crippen LogP contribution is -2.41. The van der Waals surface area contributed by atoms with E-state index in [0.29, 0.717) is 12.4 Å². The minimum absolute atomic E-state index is 0.00343. The number of likely N-dealkylation sites (tertiary alicyclic amines) is 1. The third-order valence-corrected chi connectivity index (χ3v) is 5.85. The number of aryl methyl sites for hydroxylation is 3. The van der Waals surface area contributed by atoms with Crippen LogP contribution in [0.1, 0.15) is 41.1 Å². The third-order valence-electron chi connectivity index (χ3n) is 5.85. The topological polar surface area (TPSA) is 80.2 Å². The summed E-state index contributed by atoms with van der Waals surface area (Å²) in [6, 6.07) is 9.89. The van der Waals surface area contributed by atoms with E-state index in [1.807, 2.05) is 56.0 Å². The molecule has 1 atom stereocenters. The van der Waals surface area contributed by atoms with Crippen LogP contribution in [0, 0.1) is 20.8 Å². The highest BCUT2D eigenvalue weighted by Gasteiger charge is 2.26. The number of ether oxygens (including phenoxy) is 1. The van der Waals surface area contributed by atoms with Crippen LogP contribution in [-0.2, 0) is 4.79 Å². The number of hydrogen-bond acceptors (Lipinski definition) is 6. The van der Waals surface area contributed by atoms with Gasteiger partial charge in [0.2, 0.25) is 0 Å². The molecule has 7 heteroatoms. The van der Waals surface area contributed by atoms with Gasteiger partial charge in [0, 0.05) is 31.4 Å². The van der Waals surface area contributed by atoms with Gasteiger partial charge >= 0.3 is 0 Å². The lowest BCUT2D eigenvalue weighted by Gasteiger charge is -2.32. The molecule has 0 saturated carbocycles. The molecular formula is C25H29N5O2. The molecule has 1 amide bonds. The molecule has 3 heterocycles. The molecule has 0 spiro atoms. The van der Waals surface area contributed by atoms with Gasteiger partial charge in [-0.1, -0.05) is 24.3 Å². The summed E-state index contributed by atoms with van der Waals surface area (Å²) in [7, 11) is 0. The van der Waals surface area contributed by atoms with Crippen molar-refractivity contribution in [2.75, 3.05) is 25.0 Å². The Kier molecular flexibility index (Phi) is 6.63. The highest BCUT2D eigenvalue weighted by molar-refractivity contribution is 5.78. The minimum atomic E-state index is 0.00343. The van der Waals surface area contributed by atoms with E-state index in [-0.39, 0.29) is 18.4 Å². The molecule has 4 rings (SSSR count). The van der Waals surface area contributed by atoms with Crippen LogP contribution in [0.2, 0.25) is 0 Å². The van der Waals surface area contributed by atoms with Crippen molar-refractivity contribution < 1.29 is 9.53 Å². The molecule has 1 aliphatic heterocycles. The predicted octanol–water partition coefficient (Wildman–Crippen LogP) is 4.33. The average Bonchev–Trinajstić information content (AvgIpc) is 2.80. The molecule has 1 aromatic carbocycles. The van der Waals surface area contributed by atoms with Crippen LogP contribution in [-0.4, -0.2) is 45.5 Å². The molecule has 1 saturated heterocycles. The number of para-hydroxylation sites is 1. The third kappa shape index (κ3) is 5.04. The Bertz CT molecular complexity index is 1080. The normalized spacial score (nSPS) is 16.0. The first kappa shape index (κ1) is 21.7. The Hall–Kier alpha value is -3.48. The van der Waals surface area contributed by atoms with Gasteiger partial charge in [-0.2, -0.15) is 0 Å². The zero-order valence-corrected chi connectivity index (χ0v) is 18.8. The molecule has 166 valence electrons. The number of rotatable bonds is 6. The van der Waals surface area contributed by atoms with E-state index in [1.54, 1.807) is 18.6 Å². The van der Waals surface area contributed by atoms with Crippen molar-refractivity contribution in [1.82, 2.24) is 19.9 Å². The lowest BCUT2D eigenvalue weighted by molar-refractivity contribution is -0.134. The van der Waals surface area contributed by atoms with Crippen LogP contribution in [0.25, 0.3) is 0 Å². The van der Waals surface area contributed by atoms with Gasteiger partial charge in [-0.05, 0) is 56.4 Å². The zero-order chi connectivity index (χ0) is 22.5.